The molecule has 0 aromatic rings. The smallest absolute Gasteiger partial charge is 0.118 e. The Morgan fingerprint density at radius 3 is 2.60 bits per heavy atom. The highest BCUT2D eigenvalue weighted by molar-refractivity contribution is 6.36. The van der Waals surface area contributed by atoms with Crippen LogP contribution >= 0.6 is 23.2 Å². The van der Waals surface area contributed by atoms with Gasteiger partial charge in [-0.05, 0) is 6.08 Å². The Bertz CT molecular complexity index is 222. The molecule has 0 heterocycles. The van der Waals surface area contributed by atoms with E-state index in [1.165, 1.54) is 0 Å². The molecule has 0 amide bonds. The van der Waals surface area contributed by atoms with E-state index in [1.54, 1.807) is 18.2 Å². The van der Waals surface area contributed by atoms with Crippen molar-refractivity contribution in [3.05, 3.63) is 24.3 Å². The zero-order chi connectivity index (χ0) is 7.61. The molecule has 52 valence electrons. The van der Waals surface area contributed by atoms with E-state index in [0.29, 0.717) is 0 Å². The van der Waals surface area contributed by atoms with Gasteiger partial charge in [-0.1, -0.05) is 35.7 Å². The fraction of sp³-hybridized carbons (Fsp3) is 0.250. The predicted molar refractivity (Wildman–Crippen MR) is 45.3 cm³/mol. The summed E-state index contributed by atoms with van der Waals surface area (Å²) in [6.07, 6.45) is 12.3. The van der Waals surface area contributed by atoms with E-state index in [9.17, 15) is 0 Å². The van der Waals surface area contributed by atoms with Crippen molar-refractivity contribution >= 4 is 23.2 Å². The van der Waals surface area contributed by atoms with Gasteiger partial charge in [-0.3, -0.25) is 0 Å². The molecule has 1 aliphatic carbocycles. The Morgan fingerprint density at radius 1 is 1.50 bits per heavy atom. The highest BCUT2D eigenvalue weighted by atomic mass is 35.5. The van der Waals surface area contributed by atoms with Crippen LogP contribution in [0.3, 0.4) is 0 Å². The van der Waals surface area contributed by atoms with Crippen LogP contribution in [-0.4, -0.2) is 10.3 Å². The second-order valence-electron chi connectivity index (χ2n) is 2.06. The number of rotatable bonds is 0. The minimum atomic E-state index is -0.823. The Balaban J connectivity index is 2.91. The fourth-order valence-electron chi connectivity index (χ4n) is 0.717. The molecule has 2 unspecified atom stereocenters. The van der Waals surface area contributed by atoms with Crippen molar-refractivity contribution in [1.82, 2.24) is 0 Å². The molecule has 0 N–H and O–H groups in total. The number of halogens is 2. The summed E-state index contributed by atoms with van der Waals surface area (Å²) in [6, 6.07) is 0. The van der Waals surface area contributed by atoms with Crippen LogP contribution in [0.25, 0.3) is 0 Å². The summed E-state index contributed by atoms with van der Waals surface area (Å²) in [7, 11) is 0. The van der Waals surface area contributed by atoms with Crippen molar-refractivity contribution in [2.75, 3.05) is 0 Å². The molecule has 0 fully saturated rings. The lowest BCUT2D eigenvalue weighted by atomic mass is 10.0. The van der Waals surface area contributed by atoms with Gasteiger partial charge in [0.2, 0.25) is 0 Å². The van der Waals surface area contributed by atoms with Crippen molar-refractivity contribution < 1.29 is 0 Å². The second-order valence-corrected chi connectivity index (χ2v) is 3.15. The number of terminal acetylenes is 1. The summed E-state index contributed by atoms with van der Waals surface area (Å²) in [5.74, 6) is 2.43. The van der Waals surface area contributed by atoms with Crippen LogP contribution in [0.2, 0.25) is 0 Å². The van der Waals surface area contributed by atoms with Crippen LogP contribution in [0.15, 0.2) is 24.3 Å². The molecule has 2 atom stereocenters. The predicted octanol–water partition coefficient (Wildman–Crippen LogP) is 2.33. The molecular formula is C8H6Cl2. The molecule has 0 saturated carbocycles. The van der Waals surface area contributed by atoms with E-state index in [4.69, 9.17) is 29.6 Å². The lowest BCUT2D eigenvalue weighted by Crippen LogP contribution is -2.28. The first-order chi connectivity index (χ1) is 4.69. The van der Waals surface area contributed by atoms with Crippen molar-refractivity contribution in [2.24, 2.45) is 0 Å². The molecule has 1 rings (SSSR count). The molecular weight excluding hydrogens is 167 g/mol. The summed E-state index contributed by atoms with van der Waals surface area (Å²) < 4.78 is 0. The normalized spacial score (nSPS) is 37.5. The van der Waals surface area contributed by atoms with Gasteiger partial charge < -0.3 is 0 Å². The third-order valence-electron chi connectivity index (χ3n) is 1.35. The zero-order valence-electron chi connectivity index (χ0n) is 5.22. The molecule has 2 heteroatoms. The van der Waals surface area contributed by atoms with E-state index in [-0.39, 0.29) is 5.38 Å². The summed E-state index contributed by atoms with van der Waals surface area (Å²) >= 11 is 11.7. The van der Waals surface area contributed by atoms with Gasteiger partial charge in [-0.15, -0.1) is 18.0 Å². The van der Waals surface area contributed by atoms with Crippen molar-refractivity contribution in [3.8, 4) is 12.3 Å². The number of hydrogen-bond acceptors (Lipinski definition) is 0. The minimum absolute atomic E-state index is 0.302. The molecule has 0 nitrogen and oxygen atoms in total. The molecule has 0 aromatic carbocycles. The van der Waals surface area contributed by atoms with Gasteiger partial charge >= 0.3 is 0 Å². The molecule has 0 aromatic heterocycles. The first-order valence-corrected chi connectivity index (χ1v) is 3.67. The summed E-state index contributed by atoms with van der Waals surface area (Å²) in [5.41, 5.74) is 0. The monoisotopic (exact) mass is 172 g/mol. The van der Waals surface area contributed by atoms with Gasteiger partial charge in [0.1, 0.15) is 4.87 Å². The lowest BCUT2D eigenvalue weighted by Gasteiger charge is -2.21. The molecule has 0 spiro atoms. The van der Waals surface area contributed by atoms with Gasteiger partial charge in [0.15, 0.2) is 0 Å². The Labute approximate surface area is 70.5 Å². The number of hydrogen-bond donors (Lipinski definition) is 0. The Hall–Kier alpha value is -0.380. The molecule has 0 saturated heterocycles. The maximum Gasteiger partial charge on any atom is 0.143 e. The third-order valence-corrected chi connectivity index (χ3v) is 2.42. The minimum Gasteiger partial charge on any atom is -0.118 e. The maximum atomic E-state index is 5.90. The lowest BCUT2D eigenvalue weighted by molar-refractivity contribution is 0.906. The van der Waals surface area contributed by atoms with Crippen LogP contribution < -0.4 is 0 Å². The van der Waals surface area contributed by atoms with Crippen LogP contribution in [0.5, 0.6) is 0 Å². The van der Waals surface area contributed by atoms with Crippen LogP contribution in [0.4, 0.5) is 0 Å². The Morgan fingerprint density at radius 2 is 2.20 bits per heavy atom. The van der Waals surface area contributed by atoms with E-state index in [0.717, 1.165) is 0 Å². The maximum absolute atomic E-state index is 5.90. The van der Waals surface area contributed by atoms with E-state index in [1.807, 2.05) is 6.08 Å². The molecule has 0 bridgehead atoms. The molecule has 0 radical (unpaired) electrons. The molecule has 1 aliphatic rings. The zero-order valence-corrected chi connectivity index (χ0v) is 6.73. The van der Waals surface area contributed by atoms with Crippen LogP contribution in [0, 0.1) is 12.3 Å². The van der Waals surface area contributed by atoms with Gasteiger partial charge in [0.05, 0.1) is 5.38 Å². The summed E-state index contributed by atoms with van der Waals surface area (Å²) in [6.45, 7) is 0. The standard InChI is InChI=1S/C8H6Cl2/c1-2-8(10)6-4-3-5-7(8)9/h1,3-7H. The third kappa shape index (κ3) is 1.21. The highest BCUT2D eigenvalue weighted by Crippen LogP contribution is 2.28. The van der Waals surface area contributed by atoms with E-state index >= 15 is 0 Å². The van der Waals surface area contributed by atoms with Gasteiger partial charge in [0.25, 0.3) is 0 Å². The van der Waals surface area contributed by atoms with Gasteiger partial charge in [0, 0.05) is 0 Å². The average molecular weight is 173 g/mol. The first kappa shape index (κ1) is 7.72. The van der Waals surface area contributed by atoms with Crippen molar-refractivity contribution in [1.29, 1.82) is 0 Å². The summed E-state index contributed by atoms with van der Waals surface area (Å²) in [5, 5.41) is -0.302. The van der Waals surface area contributed by atoms with Gasteiger partial charge in [-0.25, -0.2) is 0 Å². The van der Waals surface area contributed by atoms with E-state index in [2.05, 4.69) is 5.92 Å². The van der Waals surface area contributed by atoms with Crippen molar-refractivity contribution in [2.45, 2.75) is 10.3 Å². The number of alkyl halides is 2. The second kappa shape index (κ2) is 2.70. The van der Waals surface area contributed by atoms with Gasteiger partial charge in [-0.2, -0.15) is 0 Å². The number of allylic oxidation sites excluding steroid dienone is 4. The average Bonchev–Trinajstić information content (AvgIpc) is 1.96. The van der Waals surface area contributed by atoms with Crippen LogP contribution in [0.1, 0.15) is 0 Å². The quantitative estimate of drug-likeness (QED) is 0.389. The Kier molecular flexibility index (Phi) is 2.08. The van der Waals surface area contributed by atoms with E-state index < -0.39 is 4.87 Å². The first-order valence-electron chi connectivity index (χ1n) is 2.86. The highest BCUT2D eigenvalue weighted by Gasteiger charge is 2.30. The fourth-order valence-corrected chi connectivity index (χ4v) is 1.08. The topological polar surface area (TPSA) is 0 Å². The SMILES string of the molecule is C#CC1(Cl)C=CC=CC1Cl. The largest absolute Gasteiger partial charge is 0.143 e. The molecule has 0 aliphatic heterocycles. The molecule has 10 heavy (non-hydrogen) atoms. The summed E-state index contributed by atoms with van der Waals surface area (Å²) in [4.78, 5) is -0.823. The van der Waals surface area contributed by atoms with Crippen LogP contribution in [-0.2, 0) is 0 Å². The van der Waals surface area contributed by atoms with Crippen molar-refractivity contribution in [3.63, 3.8) is 0 Å².